The monoisotopic (exact) mass is 437 g/mol. The van der Waals surface area contributed by atoms with Gasteiger partial charge in [0.15, 0.2) is 11.5 Å². The van der Waals surface area contributed by atoms with Crippen LogP contribution in [-0.2, 0) is 10.0 Å². The van der Waals surface area contributed by atoms with E-state index in [1.807, 2.05) is 0 Å². The number of piperazine rings is 1. The van der Waals surface area contributed by atoms with E-state index < -0.39 is 10.0 Å². The van der Waals surface area contributed by atoms with Crippen LogP contribution in [0.25, 0.3) is 0 Å². The number of methoxy groups -OCH3 is 2. The van der Waals surface area contributed by atoms with Crippen molar-refractivity contribution in [2.45, 2.75) is 10.9 Å². The molecule has 7 nitrogen and oxygen atoms in total. The molecular formula is C21H28FN3O4S. The predicted molar refractivity (Wildman–Crippen MR) is 113 cm³/mol. The fraction of sp³-hybridized carbons (Fsp3) is 0.429. The molecule has 0 aliphatic carbocycles. The van der Waals surface area contributed by atoms with Crippen LogP contribution < -0.4 is 14.2 Å². The van der Waals surface area contributed by atoms with E-state index in [1.165, 1.54) is 38.5 Å². The zero-order valence-electron chi connectivity index (χ0n) is 17.5. The Bertz CT molecular complexity index is 945. The maximum atomic E-state index is 13.4. The molecule has 164 valence electrons. The van der Waals surface area contributed by atoms with Crippen LogP contribution in [-0.4, -0.2) is 72.2 Å². The highest BCUT2D eigenvalue weighted by atomic mass is 32.2. The third-order valence-electron chi connectivity index (χ3n) is 5.37. The maximum Gasteiger partial charge on any atom is 0.240 e. The van der Waals surface area contributed by atoms with Crippen LogP contribution in [0.4, 0.5) is 4.39 Å². The van der Waals surface area contributed by atoms with Gasteiger partial charge >= 0.3 is 0 Å². The Morgan fingerprint density at radius 3 is 2.23 bits per heavy atom. The summed E-state index contributed by atoms with van der Waals surface area (Å²) in [5.74, 6) is 0.481. The number of nitrogens with zero attached hydrogens (tertiary/aromatic N) is 2. The number of benzene rings is 2. The average molecular weight is 438 g/mol. The van der Waals surface area contributed by atoms with Crippen LogP contribution >= 0.6 is 0 Å². The van der Waals surface area contributed by atoms with E-state index in [-0.39, 0.29) is 23.3 Å². The maximum absolute atomic E-state index is 13.4. The second-order valence-corrected chi connectivity index (χ2v) is 9.04. The Labute approximate surface area is 177 Å². The van der Waals surface area contributed by atoms with E-state index >= 15 is 0 Å². The van der Waals surface area contributed by atoms with Crippen molar-refractivity contribution < 1.29 is 22.3 Å². The molecular weight excluding hydrogens is 409 g/mol. The summed E-state index contributed by atoms with van der Waals surface area (Å²) >= 11 is 0. The molecule has 30 heavy (non-hydrogen) atoms. The number of hydrogen-bond donors (Lipinski definition) is 1. The highest BCUT2D eigenvalue weighted by Gasteiger charge is 2.26. The minimum Gasteiger partial charge on any atom is -0.493 e. The lowest BCUT2D eigenvalue weighted by Crippen LogP contribution is -2.48. The molecule has 0 bridgehead atoms. The van der Waals surface area contributed by atoms with Crippen molar-refractivity contribution in [1.29, 1.82) is 0 Å². The molecule has 9 heteroatoms. The molecule has 1 heterocycles. The van der Waals surface area contributed by atoms with Crippen LogP contribution in [0.5, 0.6) is 11.5 Å². The number of sulfonamides is 1. The first-order valence-corrected chi connectivity index (χ1v) is 11.2. The van der Waals surface area contributed by atoms with Crippen molar-refractivity contribution in [3.05, 3.63) is 53.8 Å². The lowest BCUT2D eigenvalue weighted by molar-refractivity contribution is 0.113. The molecule has 1 fully saturated rings. The van der Waals surface area contributed by atoms with Crippen molar-refractivity contribution in [2.24, 2.45) is 0 Å². The van der Waals surface area contributed by atoms with Gasteiger partial charge in [-0.1, -0.05) is 12.1 Å². The summed E-state index contributed by atoms with van der Waals surface area (Å²) in [5.41, 5.74) is 0.871. The van der Waals surface area contributed by atoms with Gasteiger partial charge in [-0.25, -0.2) is 17.5 Å². The van der Waals surface area contributed by atoms with Crippen LogP contribution in [0.15, 0.2) is 47.4 Å². The fourth-order valence-electron chi connectivity index (χ4n) is 3.53. The average Bonchev–Trinajstić information content (AvgIpc) is 2.75. The normalized spacial score (nSPS) is 16.9. The van der Waals surface area contributed by atoms with E-state index in [2.05, 4.69) is 21.6 Å². The summed E-state index contributed by atoms with van der Waals surface area (Å²) in [6, 6.07) is 10.5. The highest BCUT2D eigenvalue weighted by Crippen LogP contribution is 2.30. The van der Waals surface area contributed by atoms with E-state index in [9.17, 15) is 12.8 Å². The van der Waals surface area contributed by atoms with Gasteiger partial charge in [0, 0.05) is 44.8 Å². The van der Waals surface area contributed by atoms with E-state index in [0.717, 1.165) is 31.7 Å². The molecule has 1 N–H and O–H groups in total. The molecule has 0 unspecified atom stereocenters. The van der Waals surface area contributed by atoms with E-state index in [4.69, 9.17) is 9.47 Å². The summed E-state index contributed by atoms with van der Waals surface area (Å²) in [6.45, 7) is 3.56. The second-order valence-electron chi connectivity index (χ2n) is 7.28. The lowest BCUT2D eigenvalue weighted by atomic mass is 10.0. The Balaban J connectivity index is 1.81. The molecule has 1 saturated heterocycles. The third-order valence-corrected chi connectivity index (χ3v) is 6.79. The van der Waals surface area contributed by atoms with E-state index in [0.29, 0.717) is 11.5 Å². The van der Waals surface area contributed by atoms with Crippen molar-refractivity contribution >= 4 is 10.0 Å². The number of ether oxygens (including phenoxy) is 2. The van der Waals surface area contributed by atoms with Gasteiger partial charge in [0.1, 0.15) is 5.82 Å². The summed E-state index contributed by atoms with van der Waals surface area (Å²) < 4.78 is 52.4. The fourth-order valence-corrected chi connectivity index (χ4v) is 4.59. The standard InChI is InChI=1S/C21H28FN3O4S/c1-24-10-12-25(13-11-24)19(16-4-6-17(22)7-5-16)15-23-30(26,27)18-8-9-20(28-2)21(14-18)29-3/h4-9,14,19,23H,10-13,15H2,1-3H3/t19-/m0/s1. The van der Waals surface area contributed by atoms with Gasteiger partial charge < -0.3 is 14.4 Å². The zero-order valence-corrected chi connectivity index (χ0v) is 18.3. The Hall–Kier alpha value is -2.20. The van der Waals surface area contributed by atoms with Crippen molar-refractivity contribution in [1.82, 2.24) is 14.5 Å². The van der Waals surface area contributed by atoms with Crippen LogP contribution in [0, 0.1) is 5.82 Å². The summed E-state index contributed by atoms with van der Waals surface area (Å²) in [7, 11) is 1.24. The molecule has 2 aromatic carbocycles. The quantitative estimate of drug-likeness (QED) is 0.682. The predicted octanol–water partition coefficient (Wildman–Crippen LogP) is 2.11. The van der Waals surface area contributed by atoms with Crippen molar-refractivity contribution in [3.8, 4) is 11.5 Å². The molecule has 0 aromatic heterocycles. The molecule has 3 rings (SSSR count). The smallest absolute Gasteiger partial charge is 0.240 e. The molecule has 0 radical (unpaired) electrons. The van der Waals surface area contributed by atoms with Gasteiger partial charge in [-0.2, -0.15) is 0 Å². The van der Waals surface area contributed by atoms with Gasteiger partial charge in [0.2, 0.25) is 10.0 Å². The number of likely N-dealkylation sites (N-methyl/N-ethyl adjacent to an activating group) is 1. The number of rotatable bonds is 8. The second kappa shape index (κ2) is 9.74. The van der Waals surface area contributed by atoms with Gasteiger partial charge in [-0.05, 0) is 36.9 Å². The first-order chi connectivity index (χ1) is 14.3. The molecule has 0 amide bonds. The Morgan fingerprint density at radius 1 is 1.00 bits per heavy atom. The molecule has 1 aliphatic rings. The largest absolute Gasteiger partial charge is 0.493 e. The van der Waals surface area contributed by atoms with Gasteiger partial charge in [0.05, 0.1) is 19.1 Å². The van der Waals surface area contributed by atoms with E-state index in [1.54, 1.807) is 18.2 Å². The number of halogens is 1. The SMILES string of the molecule is COc1ccc(S(=O)(=O)NC[C@@H](c2ccc(F)cc2)N2CCN(C)CC2)cc1OC. The Morgan fingerprint density at radius 2 is 1.63 bits per heavy atom. The molecule has 1 atom stereocenters. The molecule has 1 aliphatic heterocycles. The summed E-state index contributed by atoms with van der Waals surface area (Å²) in [5, 5.41) is 0. The number of nitrogens with one attached hydrogen (secondary N) is 1. The number of hydrogen-bond acceptors (Lipinski definition) is 6. The summed E-state index contributed by atoms with van der Waals surface area (Å²) in [4.78, 5) is 4.55. The van der Waals surface area contributed by atoms with Crippen LogP contribution in [0.2, 0.25) is 0 Å². The first kappa shape index (κ1) is 22.5. The molecule has 2 aromatic rings. The Kier molecular flexibility index (Phi) is 7.30. The van der Waals surface area contributed by atoms with Gasteiger partial charge in [-0.3, -0.25) is 4.90 Å². The lowest BCUT2D eigenvalue weighted by Gasteiger charge is -2.38. The topological polar surface area (TPSA) is 71.1 Å². The zero-order chi connectivity index (χ0) is 21.7. The summed E-state index contributed by atoms with van der Waals surface area (Å²) in [6.07, 6.45) is 0. The first-order valence-electron chi connectivity index (χ1n) is 9.74. The van der Waals surface area contributed by atoms with Crippen molar-refractivity contribution in [2.75, 3.05) is 54.0 Å². The minimum atomic E-state index is -3.78. The van der Waals surface area contributed by atoms with Crippen LogP contribution in [0.3, 0.4) is 0 Å². The van der Waals surface area contributed by atoms with Crippen LogP contribution in [0.1, 0.15) is 11.6 Å². The van der Waals surface area contributed by atoms with Gasteiger partial charge in [0.25, 0.3) is 0 Å². The van der Waals surface area contributed by atoms with Crippen molar-refractivity contribution in [3.63, 3.8) is 0 Å². The van der Waals surface area contributed by atoms with Gasteiger partial charge in [-0.15, -0.1) is 0 Å². The highest BCUT2D eigenvalue weighted by molar-refractivity contribution is 7.89. The third kappa shape index (κ3) is 5.28. The molecule has 0 saturated carbocycles. The minimum absolute atomic E-state index is 0.0939. The molecule has 0 spiro atoms.